The number of aromatic nitrogens is 2. The SMILES string of the molecule is [2H]C([2H])([2H])c1ccc(-c2cc(-c3ccccc3)c(C([2H])([2H])[2H])cc2[CH2-])nc1.[Ir].[c-]1ccccc1-c1cc(-c2ccccc2)ccn1. The topological polar surface area (TPSA) is 25.8 Å². The summed E-state index contributed by atoms with van der Waals surface area (Å²) in [6.07, 6.45) is 3.17. The molecule has 0 aliphatic rings. The third-order valence-electron chi connectivity index (χ3n) is 6.22. The van der Waals surface area contributed by atoms with Gasteiger partial charge in [0, 0.05) is 46.4 Å². The van der Waals surface area contributed by atoms with Gasteiger partial charge in [0.05, 0.1) is 0 Å². The van der Waals surface area contributed by atoms with Gasteiger partial charge >= 0.3 is 0 Å². The maximum absolute atomic E-state index is 7.86. The van der Waals surface area contributed by atoms with Crippen LogP contribution in [-0.4, -0.2) is 9.97 Å². The average molecular weight is 701 g/mol. The molecule has 0 atom stereocenters. The van der Waals surface area contributed by atoms with Crippen molar-refractivity contribution in [2.75, 3.05) is 0 Å². The van der Waals surface area contributed by atoms with E-state index >= 15 is 0 Å². The van der Waals surface area contributed by atoms with Crippen LogP contribution in [0.2, 0.25) is 0 Å². The fourth-order valence-electron chi connectivity index (χ4n) is 4.23. The molecule has 0 saturated carbocycles. The molecule has 0 fully saturated rings. The fourth-order valence-corrected chi connectivity index (χ4v) is 4.23. The number of hydrogen-bond acceptors (Lipinski definition) is 2. The molecule has 3 heteroatoms. The second-order valence-electron chi connectivity index (χ2n) is 8.93. The van der Waals surface area contributed by atoms with E-state index < -0.39 is 13.7 Å². The van der Waals surface area contributed by atoms with Crippen LogP contribution in [0, 0.1) is 26.7 Å². The van der Waals surface area contributed by atoms with Crippen molar-refractivity contribution in [2.24, 2.45) is 0 Å². The van der Waals surface area contributed by atoms with Gasteiger partial charge in [0.1, 0.15) is 0 Å². The summed E-state index contributed by atoms with van der Waals surface area (Å²) >= 11 is 0. The van der Waals surface area contributed by atoms with E-state index in [1.54, 1.807) is 18.2 Å². The summed E-state index contributed by atoms with van der Waals surface area (Å²) < 4.78 is 45.9. The Bertz CT molecular complexity index is 1800. The third-order valence-corrected chi connectivity index (χ3v) is 6.22. The molecule has 6 rings (SSSR count). The van der Waals surface area contributed by atoms with E-state index in [-0.39, 0.29) is 31.2 Å². The van der Waals surface area contributed by atoms with Crippen molar-refractivity contribution in [3.8, 4) is 44.8 Å². The fraction of sp³-hybridized carbons (Fsp3) is 0.0541. The van der Waals surface area contributed by atoms with Crippen molar-refractivity contribution in [3.63, 3.8) is 0 Å². The van der Waals surface area contributed by atoms with Crippen LogP contribution in [0.5, 0.6) is 0 Å². The van der Waals surface area contributed by atoms with Crippen LogP contribution in [-0.2, 0) is 20.1 Å². The molecule has 40 heavy (non-hydrogen) atoms. The molecule has 199 valence electrons. The quantitative estimate of drug-likeness (QED) is 0.171. The zero-order valence-corrected chi connectivity index (χ0v) is 24.0. The summed E-state index contributed by atoms with van der Waals surface area (Å²) in [6, 6.07) is 41.3. The van der Waals surface area contributed by atoms with Crippen LogP contribution >= 0.6 is 0 Å². The van der Waals surface area contributed by atoms with E-state index in [0.717, 1.165) is 16.8 Å². The van der Waals surface area contributed by atoms with Gasteiger partial charge in [-0.1, -0.05) is 85.2 Å². The molecule has 2 nitrogen and oxygen atoms in total. The Kier molecular flexibility index (Phi) is 7.35. The van der Waals surface area contributed by atoms with Crippen molar-refractivity contribution in [1.29, 1.82) is 0 Å². The van der Waals surface area contributed by atoms with Crippen molar-refractivity contribution in [3.05, 3.63) is 163 Å². The molecule has 2 aromatic heterocycles. The van der Waals surface area contributed by atoms with Gasteiger partial charge in [-0.2, -0.15) is 18.6 Å². The molecular formula is C37H30IrN2-2. The van der Waals surface area contributed by atoms with E-state index in [1.165, 1.54) is 23.4 Å². The van der Waals surface area contributed by atoms with Crippen molar-refractivity contribution >= 4 is 0 Å². The maximum atomic E-state index is 7.86. The van der Waals surface area contributed by atoms with Gasteiger partial charge < -0.3 is 4.98 Å². The van der Waals surface area contributed by atoms with E-state index in [9.17, 15) is 0 Å². The molecule has 0 aliphatic carbocycles. The van der Waals surface area contributed by atoms with E-state index in [1.807, 2.05) is 85.1 Å². The maximum Gasteiger partial charge on any atom is 0.0291 e. The third kappa shape index (κ3) is 7.01. The second kappa shape index (κ2) is 13.7. The Balaban J connectivity index is 0.000000220. The molecule has 4 aromatic carbocycles. The first-order valence-electron chi connectivity index (χ1n) is 15.5. The normalized spacial score (nSPS) is 13.0. The molecule has 0 saturated heterocycles. The molecule has 0 aliphatic heterocycles. The Morgan fingerprint density at radius 3 is 2.05 bits per heavy atom. The first-order chi connectivity index (χ1) is 21.5. The summed E-state index contributed by atoms with van der Waals surface area (Å²) in [7, 11) is 0. The molecule has 6 aromatic rings. The Morgan fingerprint density at radius 2 is 1.40 bits per heavy atom. The van der Waals surface area contributed by atoms with Crippen LogP contribution < -0.4 is 0 Å². The van der Waals surface area contributed by atoms with Crippen LogP contribution in [0.25, 0.3) is 44.8 Å². The number of benzene rings is 4. The predicted octanol–water partition coefficient (Wildman–Crippen LogP) is 9.43. The van der Waals surface area contributed by atoms with E-state index in [0.29, 0.717) is 22.4 Å². The minimum absolute atomic E-state index is 0. The molecule has 2 heterocycles. The van der Waals surface area contributed by atoms with Crippen LogP contribution in [0.1, 0.15) is 24.9 Å². The Morgan fingerprint density at radius 1 is 0.650 bits per heavy atom. The predicted molar refractivity (Wildman–Crippen MR) is 163 cm³/mol. The molecular weight excluding hydrogens is 665 g/mol. The molecule has 0 unspecified atom stereocenters. The monoisotopic (exact) mass is 701 g/mol. The summed E-state index contributed by atoms with van der Waals surface area (Å²) in [5, 5.41) is 0. The van der Waals surface area contributed by atoms with Gasteiger partial charge in [-0.05, 0) is 52.5 Å². The summed E-state index contributed by atoms with van der Waals surface area (Å²) in [4.78, 5) is 8.67. The minimum Gasteiger partial charge on any atom is -0.305 e. The molecule has 1 radical (unpaired) electrons. The standard InChI is InChI=1S/C20H18N.C17H12N.Ir/c1-14-9-10-20(21-13-14)19-12-18(15(2)11-16(19)3)17-7-5-4-6-8-17;1-3-7-14(8-4-1)16-11-12-18-17(13-16)15-9-5-2-6-10-15;/h4-13H,3H2,1-2H3;1-9,11-13H;/q2*-1;/i1D3,2D3;;. The van der Waals surface area contributed by atoms with E-state index in [2.05, 4.69) is 41.2 Å². The van der Waals surface area contributed by atoms with Gasteiger partial charge in [-0.15, -0.1) is 47.5 Å². The Labute approximate surface area is 259 Å². The molecule has 0 spiro atoms. The number of pyridine rings is 2. The Hall–Kier alpha value is -4.30. The van der Waals surface area contributed by atoms with Gasteiger partial charge in [0.2, 0.25) is 0 Å². The zero-order valence-electron chi connectivity index (χ0n) is 27.6. The van der Waals surface area contributed by atoms with Crippen LogP contribution in [0.15, 0.2) is 134 Å². The second-order valence-corrected chi connectivity index (χ2v) is 8.93. The molecule has 0 amide bonds. The molecule has 0 N–H and O–H groups in total. The van der Waals surface area contributed by atoms with E-state index in [4.69, 9.17) is 8.22 Å². The van der Waals surface area contributed by atoms with Crippen LogP contribution in [0.3, 0.4) is 0 Å². The smallest absolute Gasteiger partial charge is 0.0291 e. The van der Waals surface area contributed by atoms with Gasteiger partial charge in [0.15, 0.2) is 0 Å². The van der Waals surface area contributed by atoms with Gasteiger partial charge in [-0.25, -0.2) is 0 Å². The number of rotatable bonds is 4. The zero-order chi connectivity index (χ0) is 32.0. The minimum atomic E-state index is -2.28. The average Bonchev–Trinajstić information content (AvgIpc) is 3.05. The molecule has 0 bridgehead atoms. The number of aryl methyl sites for hydroxylation is 2. The summed E-state index contributed by atoms with van der Waals surface area (Å²) in [5.41, 5.74) is 7.84. The summed E-state index contributed by atoms with van der Waals surface area (Å²) in [5.74, 6) is 0. The number of hydrogen-bond donors (Lipinski definition) is 0. The van der Waals surface area contributed by atoms with Crippen LogP contribution in [0.4, 0.5) is 0 Å². The first-order valence-corrected chi connectivity index (χ1v) is 12.5. The van der Waals surface area contributed by atoms with Gasteiger partial charge in [0.25, 0.3) is 0 Å². The van der Waals surface area contributed by atoms with Gasteiger partial charge in [-0.3, -0.25) is 4.98 Å². The van der Waals surface area contributed by atoms with Crippen molar-refractivity contribution in [2.45, 2.75) is 13.7 Å². The van der Waals surface area contributed by atoms with Crippen molar-refractivity contribution < 1.29 is 28.3 Å². The largest absolute Gasteiger partial charge is 0.305 e. The van der Waals surface area contributed by atoms with Crippen molar-refractivity contribution in [1.82, 2.24) is 9.97 Å². The summed E-state index contributed by atoms with van der Waals surface area (Å²) in [6.45, 7) is -0.530. The first kappa shape index (κ1) is 21.5. The number of nitrogens with zero attached hydrogens (tertiary/aromatic N) is 2.